The summed E-state index contributed by atoms with van der Waals surface area (Å²) in [5.74, 6) is 0.299. The summed E-state index contributed by atoms with van der Waals surface area (Å²) in [7, 11) is 9.78. The molecule has 0 atom stereocenters. The van der Waals surface area contributed by atoms with E-state index in [0.29, 0.717) is 5.96 Å². The van der Waals surface area contributed by atoms with Crippen LogP contribution in [0.3, 0.4) is 0 Å². The number of rotatable bonds is 2. The van der Waals surface area contributed by atoms with E-state index in [1.54, 1.807) is 0 Å². The number of anilines is 2. The van der Waals surface area contributed by atoms with Gasteiger partial charge in [-0.1, -0.05) is 60.7 Å². The van der Waals surface area contributed by atoms with Gasteiger partial charge in [-0.3, -0.25) is 0 Å². The fraction of sp³-hybridized carbons (Fsp3) is 0.100. The Morgan fingerprint density at radius 2 is 1.12 bits per heavy atom. The van der Waals surface area contributed by atoms with Gasteiger partial charge in [0.15, 0.2) is 0 Å². The van der Waals surface area contributed by atoms with E-state index >= 15 is 0 Å². The molecule has 0 aliphatic carbocycles. The number of hydrogen-bond acceptors (Lipinski definition) is 0. The van der Waals surface area contributed by atoms with Crippen LogP contribution < -0.4 is 9.80 Å². The summed E-state index contributed by atoms with van der Waals surface area (Å²) in [6, 6.07) is 29.9. The van der Waals surface area contributed by atoms with Crippen LogP contribution in [0.2, 0.25) is 0 Å². The quantitative estimate of drug-likeness (QED) is 0.392. The molecule has 1 heterocycles. The Labute approximate surface area is 171 Å². The molecule has 134 valence electrons. The van der Waals surface area contributed by atoms with Gasteiger partial charge in [0.2, 0.25) is 0 Å². The third kappa shape index (κ3) is 6.26. The summed E-state index contributed by atoms with van der Waals surface area (Å²) >= 11 is -0.556. The van der Waals surface area contributed by atoms with Crippen molar-refractivity contribution in [3.05, 3.63) is 96.4 Å². The molecular weight excluding hydrogens is 401 g/mol. The van der Waals surface area contributed by atoms with Gasteiger partial charge in [0.25, 0.3) is 0 Å². The fourth-order valence-electron chi connectivity index (χ4n) is 2.57. The predicted octanol–water partition coefficient (Wildman–Crippen LogP) is 5.72. The van der Waals surface area contributed by atoms with Crippen LogP contribution in [-0.4, -0.2) is 19.0 Å². The van der Waals surface area contributed by atoms with Gasteiger partial charge in [-0.25, -0.2) is 12.1 Å². The van der Waals surface area contributed by atoms with E-state index in [2.05, 4.69) is 0 Å². The second kappa shape index (κ2) is 11.9. The Hall–Kier alpha value is -1.65. The molecule has 3 aromatic rings. The zero-order chi connectivity index (χ0) is 18.6. The van der Waals surface area contributed by atoms with Crippen LogP contribution in [0.5, 0.6) is 0 Å². The molecule has 4 rings (SSSR count). The summed E-state index contributed by atoms with van der Waals surface area (Å²) in [6.45, 7) is 1.59. The van der Waals surface area contributed by atoms with Gasteiger partial charge in [-0.2, -0.15) is 18.2 Å². The standard InChI is InChI=1S/C15H14N3.C5H5.2ClH.Ti/c16-15-17(13-7-3-1-4-8-13)11-12-18(15)14-9-5-2-6-10-14;1-2-4-5-3-1;;;/h1-10H,11-12H2;1-5H;2*1H;/q2*-1;;;+2/p-2. The van der Waals surface area contributed by atoms with Crippen molar-refractivity contribution in [2.45, 2.75) is 0 Å². The van der Waals surface area contributed by atoms with Crippen molar-refractivity contribution in [3.63, 3.8) is 0 Å². The van der Waals surface area contributed by atoms with Crippen molar-refractivity contribution in [1.29, 1.82) is 0 Å². The van der Waals surface area contributed by atoms with Crippen molar-refractivity contribution in [1.82, 2.24) is 0 Å². The van der Waals surface area contributed by atoms with Crippen LogP contribution in [0, 0.1) is 0 Å². The zero-order valence-corrected chi connectivity index (χ0v) is 17.2. The maximum Gasteiger partial charge on any atom is 0.0191 e. The molecule has 0 unspecified atom stereocenters. The van der Waals surface area contributed by atoms with Crippen molar-refractivity contribution >= 4 is 35.9 Å². The predicted molar refractivity (Wildman–Crippen MR) is 110 cm³/mol. The average Bonchev–Trinajstić information content (AvgIpc) is 3.37. The van der Waals surface area contributed by atoms with Gasteiger partial charge in [0.1, 0.15) is 0 Å². The minimum Gasteiger partial charge on any atom is -0.397 e. The molecule has 0 amide bonds. The summed E-state index contributed by atoms with van der Waals surface area (Å²) in [6.07, 6.45) is 0. The van der Waals surface area contributed by atoms with Crippen LogP contribution in [0.1, 0.15) is 0 Å². The van der Waals surface area contributed by atoms with Crippen LogP contribution in [0.15, 0.2) is 91.0 Å². The molecule has 1 aliphatic heterocycles. The smallest absolute Gasteiger partial charge is 0.0191 e. The molecule has 3 aromatic carbocycles. The number of halogens is 2. The van der Waals surface area contributed by atoms with E-state index in [1.807, 2.05) is 101 Å². The molecule has 0 bridgehead atoms. The molecule has 26 heavy (non-hydrogen) atoms. The third-order valence-corrected chi connectivity index (χ3v) is 3.72. The van der Waals surface area contributed by atoms with Gasteiger partial charge in [-0.15, -0.1) is 0 Å². The van der Waals surface area contributed by atoms with E-state index in [9.17, 15) is 5.41 Å². The Morgan fingerprint density at radius 3 is 1.42 bits per heavy atom. The molecule has 0 saturated carbocycles. The minimum absolute atomic E-state index is 0.299. The molecular formula is C20H19Cl2N3Ti-2. The van der Waals surface area contributed by atoms with Crippen molar-refractivity contribution in [3.8, 4) is 0 Å². The van der Waals surface area contributed by atoms with Crippen molar-refractivity contribution in [2.24, 2.45) is 0 Å². The van der Waals surface area contributed by atoms with Crippen molar-refractivity contribution < 1.29 is 17.0 Å². The second-order valence-corrected chi connectivity index (χ2v) is 7.89. The van der Waals surface area contributed by atoms with Gasteiger partial charge in [0.05, 0.1) is 0 Å². The number of guanidine groups is 1. The van der Waals surface area contributed by atoms with Crippen LogP contribution >= 0.6 is 18.6 Å². The molecule has 3 nitrogen and oxygen atoms in total. The Morgan fingerprint density at radius 1 is 0.731 bits per heavy atom. The molecule has 0 spiro atoms. The van der Waals surface area contributed by atoms with Gasteiger partial charge < -0.3 is 15.2 Å². The van der Waals surface area contributed by atoms with Gasteiger partial charge in [-0.05, 0) is 24.5 Å². The minimum atomic E-state index is -0.556. The first-order valence-electron chi connectivity index (χ1n) is 8.12. The maximum atomic E-state index is 10.3. The van der Waals surface area contributed by atoms with Gasteiger partial charge >= 0.3 is 35.6 Å². The third-order valence-electron chi connectivity index (χ3n) is 3.72. The molecule has 0 aromatic heterocycles. The van der Waals surface area contributed by atoms with Crippen LogP contribution in [0.25, 0.3) is 5.41 Å². The van der Waals surface area contributed by atoms with E-state index in [0.717, 1.165) is 24.5 Å². The summed E-state index contributed by atoms with van der Waals surface area (Å²) < 4.78 is 0. The Bertz CT molecular complexity index is 670. The summed E-state index contributed by atoms with van der Waals surface area (Å²) in [4.78, 5) is 3.85. The number of nitrogens with zero attached hydrogens (tertiary/aromatic N) is 3. The molecule has 0 N–H and O–H groups in total. The summed E-state index contributed by atoms with van der Waals surface area (Å²) in [5, 5.41) is 10.3. The molecule has 0 radical (unpaired) electrons. The van der Waals surface area contributed by atoms with E-state index in [1.165, 1.54) is 0 Å². The van der Waals surface area contributed by atoms with Crippen LogP contribution in [0.4, 0.5) is 11.4 Å². The van der Waals surface area contributed by atoms with Crippen molar-refractivity contribution in [2.75, 3.05) is 22.9 Å². The molecule has 6 heteroatoms. The molecule has 1 fully saturated rings. The first kappa shape index (κ1) is 20.7. The van der Waals surface area contributed by atoms with Gasteiger partial charge in [0, 0.05) is 5.96 Å². The maximum absolute atomic E-state index is 10.3. The largest absolute Gasteiger partial charge is 0.397 e. The SMILES string of the molecule is [Cl][Ti][Cl].[N-]=C1N(c2ccccc2)CCN1c1ccccc1.c1cc[cH-]c1. The first-order chi connectivity index (χ1) is 12.8. The van der Waals surface area contributed by atoms with E-state index in [-0.39, 0.29) is 0 Å². The normalized spacial score (nSPS) is 12.6. The number of para-hydroxylation sites is 2. The molecule has 1 aliphatic rings. The Balaban J connectivity index is 0.000000254. The molecule has 1 saturated heterocycles. The van der Waals surface area contributed by atoms with E-state index in [4.69, 9.17) is 18.6 Å². The zero-order valence-electron chi connectivity index (χ0n) is 14.2. The Kier molecular flexibility index (Phi) is 9.43. The first-order valence-corrected chi connectivity index (χ1v) is 12.4. The van der Waals surface area contributed by atoms with E-state index < -0.39 is 17.0 Å². The monoisotopic (exact) mass is 419 g/mol. The number of hydrogen-bond donors (Lipinski definition) is 0. The van der Waals surface area contributed by atoms with Crippen LogP contribution in [-0.2, 0) is 17.0 Å². The average molecular weight is 420 g/mol. The second-order valence-electron chi connectivity index (χ2n) is 5.31. The summed E-state index contributed by atoms with van der Waals surface area (Å²) in [5.41, 5.74) is 2.04. The fourth-order valence-corrected chi connectivity index (χ4v) is 2.57. The topological polar surface area (TPSA) is 28.8 Å². The number of benzene rings is 2.